The van der Waals surface area contributed by atoms with Crippen molar-refractivity contribution in [2.24, 2.45) is 12.0 Å². The van der Waals surface area contributed by atoms with Crippen molar-refractivity contribution in [3.05, 3.63) is 52.3 Å². The normalized spacial score (nSPS) is 11.6. The Hall–Kier alpha value is -2.34. The summed E-state index contributed by atoms with van der Waals surface area (Å²) in [7, 11) is 5.45. The van der Waals surface area contributed by atoms with Gasteiger partial charge in [-0.3, -0.25) is 9.67 Å². The van der Waals surface area contributed by atoms with Crippen LogP contribution in [0.2, 0.25) is 0 Å². The smallest absolute Gasteiger partial charge is 0.191 e. The van der Waals surface area contributed by atoms with Crippen molar-refractivity contribution in [1.82, 2.24) is 20.4 Å². The zero-order chi connectivity index (χ0) is 17.5. The summed E-state index contributed by atoms with van der Waals surface area (Å²) in [4.78, 5) is 4.29. The Kier molecular flexibility index (Phi) is 6.37. The molecule has 0 aliphatic carbocycles. The molecule has 0 saturated carbocycles. The molecule has 0 atom stereocenters. The van der Waals surface area contributed by atoms with Gasteiger partial charge in [-0.15, -0.1) is 0 Å². The van der Waals surface area contributed by atoms with Gasteiger partial charge in [-0.2, -0.15) is 5.10 Å². The SMILES string of the molecule is CN=C(NCc1cccc(COC)c1)NCc1c(C)nn(C)c1C. The van der Waals surface area contributed by atoms with Gasteiger partial charge in [-0.25, -0.2) is 0 Å². The lowest BCUT2D eigenvalue weighted by Gasteiger charge is -2.13. The second-order valence-corrected chi connectivity index (χ2v) is 5.81. The van der Waals surface area contributed by atoms with Crippen molar-refractivity contribution in [2.45, 2.75) is 33.5 Å². The molecule has 0 fully saturated rings. The molecule has 1 aromatic heterocycles. The molecular formula is C18H27N5O. The summed E-state index contributed by atoms with van der Waals surface area (Å²) >= 11 is 0. The van der Waals surface area contributed by atoms with Crippen molar-refractivity contribution in [1.29, 1.82) is 0 Å². The number of aromatic nitrogens is 2. The summed E-state index contributed by atoms with van der Waals surface area (Å²) in [5.41, 5.74) is 5.79. The monoisotopic (exact) mass is 329 g/mol. The van der Waals surface area contributed by atoms with E-state index in [4.69, 9.17) is 4.74 Å². The highest BCUT2D eigenvalue weighted by Crippen LogP contribution is 2.11. The number of rotatable bonds is 6. The highest BCUT2D eigenvalue weighted by atomic mass is 16.5. The summed E-state index contributed by atoms with van der Waals surface area (Å²) in [6.07, 6.45) is 0. The first kappa shape index (κ1) is 18.0. The van der Waals surface area contributed by atoms with Crippen molar-refractivity contribution in [2.75, 3.05) is 14.2 Å². The standard InChI is InChI=1S/C18H27N5O/c1-13-17(14(2)23(4)22-13)11-21-18(19-3)20-10-15-7-6-8-16(9-15)12-24-5/h6-9H,10-12H2,1-5H3,(H2,19,20,21). The largest absolute Gasteiger partial charge is 0.380 e. The molecular weight excluding hydrogens is 302 g/mol. The van der Waals surface area contributed by atoms with Gasteiger partial charge >= 0.3 is 0 Å². The summed E-state index contributed by atoms with van der Waals surface area (Å²) in [6.45, 7) is 6.15. The molecule has 0 aliphatic heterocycles. The quantitative estimate of drug-likeness (QED) is 0.629. The van der Waals surface area contributed by atoms with Crippen molar-refractivity contribution >= 4 is 5.96 Å². The van der Waals surface area contributed by atoms with Crippen LogP contribution in [0.25, 0.3) is 0 Å². The van der Waals surface area contributed by atoms with Gasteiger partial charge in [-0.05, 0) is 25.0 Å². The Morgan fingerprint density at radius 2 is 1.92 bits per heavy atom. The van der Waals surface area contributed by atoms with E-state index in [2.05, 4.69) is 45.8 Å². The van der Waals surface area contributed by atoms with Crippen LogP contribution in [0, 0.1) is 13.8 Å². The predicted octanol–water partition coefficient (Wildman–Crippen LogP) is 2.05. The van der Waals surface area contributed by atoms with E-state index in [9.17, 15) is 0 Å². The third-order valence-corrected chi connectivity index (χ3v) is 4.08. The fourth-order valence-corrected chi connectivity index (χ4v) is 2.65. The van der Waals surface area contributed by atoms with Crippen LogP contribution in [0.3, 0.4) is 0 Å². The Labute approximate surface area is 143 Å². The van der Waals surface area contributed by atoms with Gasteiger partial charge in [0.15, 0.2) is 5.96 Å². The van der Waals surface area contributed by atoms with E-state index < -0.39 is 0 Å². The zero-order valence-electron chi connectivity index (χ0n) is 15.2. The van der Waals surface area contributed by atoms with E-state index in [1.54, 1.807) is 14.2 Å². The average Bonchev–Trinajstić information content (AvgIpc) is 2.81. The molecule has 1 aromatic carbocycles. The van der Waals surface area contributed by atoms with E-state index >= 15 is 0 Å². The maximum Gasteiger partial charge on any atom is 0.191 e. The molecule has 0 bridgehead atoms. The molecule has 130 valence electrons. The molecule has 0 radical (unpaired) electrons. The molecule has 6 nitrogen and oxygen atoms in total. The lowest BCUT2D eigenvalue weighted by Crippen LogP contribution is -2.36. The zero-order valence-corrected chi connectivity index (χ0v) is 15.2. The Balaban J connectivity index is 1.92. The number of nitrogens with one attached hydrogen (secondary N) is 2. The fraction of sp³-hybridized carbons (Fsp3) is 0.444. The van der Waals surface area contributed by atoms with E-state index in [0.717, 1.165) is 11.7 Å². The van der Waals surface area contributed by atoms with Gasteiger partial charge < -0.3 is 15.4 Å². The molecule has 2 N–H and O–H groups in total. The van der Waals surface area contributed by atoms with Gasteiger partial charge in [0, 0.05) is 45.6 Å². The van der Waals surface area contributed by atoms with E-state index in [-0.39, 0.29) is 0 Å². The van der Waals surface area contributed by atoms with E-state index in [1.165, 1.54) is 22.4 Å². The number of methoxy groups -OCH3 is 1. The molecule has 2 rings (SSSR count). The minimum atomic E-state index is 0.625. The van der Waals surface area contributed by atoms with Gasteiger partial charge in [-0.1, -0.05) is 24.3 Å². The maximum atomic E-state index is 5.18. The van der Waals surface area contributed by atoms with Crippen molar-refractivity contribution in [3.63, 3.8) is 0 Å². The lowest BCUT2D eigenvalue weighted by molar-refractivity contribution is 0.185. The summed E-state index contributed by atoms with van der Waals surface area (Å²) in [6, 6.07) is 8.34. The first-order chi connectivity index (χ1) is 11.5. The fourth-order valence-electron chi connectivity index (χ4n) is 2.65. The molecule has 1 heterocycles. The molecule has 6 heteroatoms. The van der Waals surface area contributed by atoms with Crippen LogP contribution in [-0.4, -0.2) is 29.9 Å². The van der Waals surface area contributed by atoms with Gasteiger partial charge in [0.05, 0.1) is 12.3 Å². The maximum absolute atomic E-state index is 5.18. The van der Waals surface area contributed by atoms with Crippen molar-refractivity contribution < 1.29 is 4.74 Å². The van der Waals surface area contributed by atoms with E-state index in [0.29, 0.717) is 19.7 Å². The average molecular weight is 329 g/mol. The second-order valence-electron chi connectivity index (χ2n) is 5.81. The summed E-state index contributed by atoms with van der Waals surface area (Å²) in [5.74, 6) is 0.773. The topological polar surface area (TPSA) is 63.5 Å². The van der Waals surface area contributed by atoms with E-state index in [1.807, 2.05) is 24.7 Å². The number of aryl methyl sites for hydroxylation is 2. The first-order valence-corrected chi connectivity index (χ1v) is 8.05. The van der Waals surface area contributed by atoms with Crippen LogP contribution in [0.15, 0.2) is 29.3 Å². The molecule has 0 spiro atoms. The summed E-state index contributed by atoms with van der Waals surface area (Å²) < 4.78 is 7.08. The predicted molar refractivity (Wildman–Crippen MR) is 96.9 cm³/mol. The van der Waals surface area contributed by atoms with Crippen LogP contribution in [0.1, 0.15) is 28.1 Å². The number of nitrogens with zero attached hydrogens (tertiary/aromatic N) is 3. The number of hydrogen-bond acceptors (Lipinski definition) is 3. The number of hydrogen-bond donors (Lipinski definition) is 2. The molecule has 2 aromatic rings. The van der Waals surface area contributed by atoms with Gasteiger partial charge in [0.2, 0.25) is 0 Å². The van der Waals surface area contributed by atoms with Crippen LogP contribution < -0.4 is 10.6 Å². The molecule has 0 unspecified atom stereocenters. The second kappa shape index (κ2) is 8.49. The Bertz CT molecular complexity index is 705. The summed E-state index contributed by atoms with van der Waals surface area (Å²) in [5, 5.41) is 11.1. The number of aliphatic imine (C=N–C) groups is 1. The van der Waals surface area contributed by atoms with Gasteiger partial charge in [0.25, 0.3) is 0 Å². The number of guanidine groups is 1. The van der Waals surface area contributed by atoms with Crippen molar-refractivity contribution in [3.8, 4) is 0 Å². The van der Waals surface area contributed by atoms with Crippen LogP contribution in [0.4, 0.5) is 0 Å². The van der Waals surface area contributed by atoms with Crippen LogP contribution >= 0.6 is 0 Å². The third-order valence-electron chi connectivity index (χ3n) is 4.08. The Morgan fingerprint density at radius 1 is 1.21 bits per heavy atom. The number of ether oxygens (including phenoxy) is 1. The molecule has 0 amide bonds. The molecule has 0 saturated heterocycles. The minimum absolute atomic E-state index is 0.625. The first-order valence-electron chi connectivity index (χ1n) is 8.05. The lowest BCUT2D eigenvalue weighted by atomic mass is 10.1. The van der Waals surface area contributed by atoms with Crippen LogP contribution in [-0.2, 0) is 31.5 Å². The number of benzene rings is 1. The van der Waals surface area contributed by atoms with Crippen LogP contribution in [0.5, 0.6) is 0 Å². The Morgan fingerprint density at radius 3 is 2.54 bits per heavy atom. The highest BCUT2D eigenvalue weighted by Gasteiger charge is 2.09. The third kappa shape index (κ3) is 4.58. The van der Waals surface area contributed by atoms with Gasteiger partial charge in [0.1, 0.15) is 0 Å². The molecule has 24 heavy (non-hydrogen) atoms. The minimum Gasteiger partial charge on any atom is -0.380 e. The molecule has 0 aliphatic rings. The highest BCUT2D eigenvalue weighted by molar-refractivity contribution is 5.79.